The molecule has 0 saturated heterocycles. The van der Waals surface area contributed by atoms with E-state index in [4.69, 9.17) is 15.3 Å². The minimum atomic E-state index is 0. The largest absolute Gasteiger partial charge is 0.395 e. The smallest absolute Gasteiger partial charge is 0.0558 e. The molecule has 0 heterocycles. The average molecular weight is 195 g/mol. The molecule has 0 aromatic carbocycles. The van der Waals surface area contributed by atoms with Crippen LogP contribution in [0.4, 0.5) is 0 Å². The van der Waals surface area contributed by atoms with Crippen molar-refractivity contribution in [3.63, 3.8) is 0 Å². The van der Waals surface area contributed by atoms with Crippen LogP contribution in [-0.4, -0.2) is 119 Å². The van der Waals surface area contributed by atoms with E-state index in [9.17, 15) is 0 Å². The molecule has 0 aromatic rings. The Hall–Kier alpha value is 1.84. The van der Waals surface area contributed by atoms with Crippen LogP contribution in [0.1, 0.15) is 0 Å². The monoisotopic (exact) mass is 195 g/mol. The number of rotatable bonds is 6. The zero-order valence-corrected chi connectivity index (χ0v) is 12.0. The maximum Gasteiger partial charge on any atom is 0.0558 e. The molecule has 0 saturated carbocycles. The van der Waals surface area contributed by atoms with Crippen molar-refractivity contribution in [2.24, 2.45) is 0 Å². The van der Waals surface area contributed by atoms with Crippen LogP contribution in [-0.2, 0) is 0 Å². The molecule has 6 heteroatoms. The van der Waals surface area contributed by atoms with E-state index in [2.05, 4.69) is 0 Å². The summed E-state index contributed by atoms with van der Waals surface area (Å²) in [6.07, 6.45) is 0. The van der Waals surface area contributed by atoms with Gasteiger partial charge in [0.2, 0.25) is 0 Å². The van der Waals surface area contributed by atoms with Gasteiger partial charge in [-0.2, -0.15) is 0 Å². The van der Waals surface area contributed by atoms with Gasteiger partial charge in [0.15, 0.2) is 0 Å². The maximum atomic E-state index is 8.48. The quantitative estimate of drug-likeness (QED) is 0.410. The number of hydrogen-bond donors (Lipinski definition) is 3. The minimum Gasteiger partial charge on any atom is -0.395 e. The van der Waals surface area contributed by atoms with Gasteiger partial charge in [-0.25, -0.2) is 0 Å². The fourth-order valence-corrected chi connectivity index (χ4v) is 0.760. The van der Waals surface area contributed by atoms with E-state index >= 15 is 0 Å². The first-order valence-electron chi connectivity index (χ1n) is 3.40. The molecular weight excluding hydrogens is 180 g/mol. The molecule has 0 aliphatic carbocycles. The summed E-state index contributed by atoms with van der Waals surface area (Å²) in [5.74, 6) is 0. The van der Waals surface area contributed by atoms with E-state index in [1.165, 1.54) is 0 Å². The minimum absolute atomic E-state index is 0. The molecule has 3 N–H and O–H groups in total. The Morgan fingerprint density at radius 2 is 0.917 bits per heavy atom. The molecule has 0 spiro atoms. The Morgan fingerprint density at radius 1 is 0.667 bits per heavy atom. The first-order valence-corrected chi connectivity index (χ1v) is 3.40. The van der Waals surface area contributed by atoms with Gasteiger partial charge < -0.3 is 15.3 Å². The normalized spacial score (nSPS) is 9.00. The summed E-state index contributed by atoms with van der Waals surface area (Å²) >= 11 is 0. The van der Waals surface area contributed by atoms with Crippen molar-refractivity contribution < 1.29 is 15.3 Å². The number of nitrogens with zero attached hydrogens (tertiary/aromatic N) is 1. The predicted octanol–water partition coefficient (Wildman–Crippen LogP) is -2.50. The third-order valence-corrected chi connectivity index (χ3v) is 1.25. The molecule has 0 aliphatic rings. The summed E-state index contributed by atoms with van der Waals surface area (Å²) in [7, 11) is 0. The second-order valence-corrected chi connectivity index (χ2v) is 2.01. The summed E-state index contributed by atoms with van der Waals surface area (Å²) in [5, 5.41) is 25.5. The molecule has 2 radical (unpaired) electrons. The molecule has 0 unspecified atom stereocenters. The molecule has 0 aromatic heterocycles. The van der Waals surface area contributed by atoms with Gasteiger partial charge in [-0.15, -0.1) is 0 Å². The van der Waals surface area contributed by atoms with E-state index in [0.29, 0.717) is 19.6 Å². The van der Waals surface area contributed by atoms with Crippen LogP contribution in [0.15, 0.2) is 0 Å². The molecule has 0 aliphatic heterocycles. The SMILES string of the molecule is OCCN(CCO)CCO.[Na].[Na]. The number of aliphatic hydroxyl groups excluding tert-OH is 3. The Bertz CT molecular complexity index is 63.5. The van der Waals surface area contributed by atoms with Gasteiger partial charge >= 0.3 is 0 Å². The number of aliphatic hydroxyl groups is 3. The zero-order chi connectivity index (χ0) is 7.82. The topological polar surface area (TPSA) is 63.9 Å². The summed E-state index contributed by atoms with van der Waals surface area (Å²) in [5.41, 5.74) is 0. The van der Waals surface area contributed by atoms with Crippen molar-refractivity contribution in [2.45, 2.75) is 0 Å². The van der Waals surface area contributed by atoms with E-state index in [-0.39, 0.29) is 78.9 Å². The van der Waals surface area contributed by atoms with Crippen LogP contribution in [0.2, 0.25) is 0 Å². The molecular formula is C6H15NNa2O3. The Labute approximate surface area is 118 Å². The first kappa shape index (κ1) is 19.4. The Morgan fingerprint density at radius 3 is 1.08 bits per heavy atom. The van der Waals surface area contributed by atoms with Crippen LogP contribution < -0.4 is 0 Å². The van der Waals surface area contributed by atoms with Crippen molar-refractivity contribution in [3.05, 3.63) is 0 Å². The average Bonchev–Trinajstić information content (AvgIpc) is 1.90. The van der Waals surface area contributed by atoms with Gasteiger partial charge in [0, 0.05) is 78.7 Å². The molecule has 0 amide bonds. The molecule has 0 atom stereocenters. The zero-order valence-electron chi connectivity index (χ0n) is 8.03. The van der Waals surface area contributed by atoms with Crippen LogP contribution >= 0.6 is 0 Å². The molecule has 0 bridgehead atoms. The van der Waals surface area contributed by atoms with Crippen molar-refractivity contribution >= 4 is 59.1 Å². The summed E-state index contributed by atoms with van der Waals surface area (Å²) in [4.78, 5) is 1.79. The first-order chi connectivity index (χ1) is 4.85. The Balaban J connectivity index is -0.000000405. The second kappa shape index (κ2) is 15.3. The van der Waals surface area contributed by atoms with Crippen LogP contribution in [0.5, 0.6) is 0 Å². The second-order valence-electron chi connectivity index (χ2n) is 2.01. The van der Waals surface area contributed by atoms with Crippen molar-refractivity contribution in [3.8, 4) is 0 Å². The van der Waals surface area contributed by atoms with Crippen LogP contribution in [0.3, 0.4) is 0 Å². The predicted molar refractivity (Wildman–Crippen MR) is 49.2 cm³/mol. The van der Waals surface area contributed by atoms with Gasteiger partial charge in [-0.1, -0.05) is 0 Å². The molecule has 4 nitrogen and oxygen atoms in total. The fraction of sp³-hybridized carbons (Fsp3) is 1.00. The van der Waals surface area contributed by atoms with E-state index < -0.39 is 0 Å². The van der Waals surface area contributed by atoms with Gasteiger partial charge in [0.05, 0.1) is 19.8 Å². The van der Waals surface area contributed by atoms with Gasteiger partial charge in [-0.3, -0.25) is 4.90 Å². The van der Waals surface area contributed by atoms with E-state index in [1.54, 1.807) is 4.90 Å². The maximum absolute atomic E-state index is 8.48. The van der Waals surface area contributed by atoms with Crippen molar-refractivity contribution in [1.82, 2.24) is 4.90 Å². The Kier molecular flexibility index (Phi) is 24.8. The van der Waals surface area contributed by atoms with Gasteiger partial charge in [0.1, 0.15) is 0 Å². The molecule has 64 valence electrons. The number of hydrogen-bond acceptors (Lipinski definition) is 4. The van der Waals surface area contributed by atoms with Crippen LogP contribution in [0, 0.1) is 0 Å². The standard InChI is InChI=1S/C6H15NO3.2Na/c8-4-1-7(2-5-9)3-6-10;;/h8-10H,1-6H2;;. The van der Waals surface area contributed by atoms with Gasteiger partial charge in [-0.05, 0) is 0 Å². The summed E-state index contributed by atoms with van der Waals surface area (Å²) < 4.78 is 0. The van der Waals surface area contributed by atoms with Crippen molar-refractivity contribution in [1.29, 1.82) is 0 Å². The van der Waals surface area contributed by atoms with E-state index in [0.717, 1.165) is 0 Å². The summed E-state index contributed by atoms with van der Waals surface area (Å²) in [6.45, 7) is 1.75. The molecule has 12 heavy (non-hydrogen) atoms. The van der Waals surface area contributed by atoms with Crippen molar-refractivity contribution in [2.75, 3.05) is 39.5 Å². The summed E-state index contributed by atoms with van der Waals surface area (Å²) in [6, 6.07) is 0. The van der Waals surface area contributed by atoms with Crippen LogP contribution in [0.25, 0.3) is 0 Å². The fourth-order valence-electron chi connectivity index (χ4n) is 0.760. The third-order valence-electron chi connectivity index (χ3n) is 1.25. The van der Waals surface area contributed by atoms with Gasteiger partial charge in [0.25, 0.3) is 0 Å². The van der Waals surface area contributed by atoms with E-state index in [1.807, 2.05) is 0 Å². The molecule has 0 fully saturated rings. The third kappa shape index (κ3) is 11.8. The molecule has 0 rings (SSSR count).